The van der Waals surface area contributed by atoms with Crippen LogP contribution in [0.4, 0.5) is 0 Å². The van der Waals surface area contributed by atoms with Crippen molar-refractivity contribution in [3.05, 3.63) is 89.3 Å². The molecule has 0 aliphatic heterocycles. The van der Waals surface area contributed by atoms with Gasteiger partial charge in [-0.15, -0.1) is 34.9 Å². The summed E-state index contributed by atoms with van der Waals surface area (Å²) in [5.74, 6) is 0.547. The van der Waals surface area contributed by atoms with Gasteiger partial charge in [0.25, 0.3) is 0 Å². The molecule has 2 aromatic heterocycles. The number of hydrogen-bond acceptors (Lipinski definition) is 4. The Bertz CT molecular complexity index is 1690. The van der Waals surface area contributed by atoms with Crippen LogP contribution in [-0.2, 0) is 24.9 Å². The van der Waals surface area contributed by atoms with Crippen LogP contribution in [0.25, 0.3) is 44.0 Å². The van der Waals surface area contributed by atoms with E-state index >= 15 is 0 Å². The number of aliphatic hydroxyl groups is 1. The standard InChI is InChI=1S/C24H18NO.C13H24O2.Ir/c1-14-10-15(2)12-18(11-14)22-24-20(8-9-25-22)21-13-17-6-4-5-7-19(17)16(3)23(21)26-24;1-5-10(6-2)12(14)9-13(15)11(7-3)8-4;/h4-11,13H,1-3H3;9-11,14H,5-8H2,1-4H3;/q-1;;/b;12-9-;. The molecule has 0 amide bonds. The van der Waals surface area contributed by atoms with Crippen molar-refractivity contribution in [3.63, 3.8) is 0 Å². The van der Waals surface area contributed by atoms with Crippen LogP contribution in [0, 0.1) is 38.7 Å². The Kier molecular flexibility index (Phi) is 11.7. The number of fused-ring (bicyclic) bond motifs is 4. The molecule has 3 aromatic carbocycles. The molecule has 1 N–H and O–H groups in total. The molecule has 0 saturated carbocycles. The minimum atomic E-state index is 0. The summed E-state index contributed by atoms with van der Waals surface area (Å²) in [6, 6.07) is 20.4. The fourth-order valence-electron chi connectivity index (χ4n) is 5.70. The summed E-state index contributed by atoms with van der Waals surface area (Å²) in [7, 11) is 0. The Hall–Kier alpha value is -3.27. The fourth-order valence-corrected chi connectivity index (χ4v) is 5.70. The van der Waals surface area contributed by atoms with E-state index in [-0.39, 0.29) is 43.5 Å². The molecule has 42 heavy (non-hydrogen) atoms. The van der Waals surface area contributed by atoms with Gasteiger partial charge in [0.15, 0.2) is 5.78 Å². The number of rotatable bonds is 8. The van der Waals surface area contributed by atoms with Gasteiger partial charge in [0.1, 0.15) is 11.2 Å². The molecule has 0 unspecified atom stereocenters. The van der Waals surface area contributed by atoms with Crippen LogP contribution in [0.15, 0.2) is 71.0 Å². The van der Waals surface area contributed by atoms with Gasteiger partial charge in [-0.1, -0.05) is 65.8 Å². The summed E-state index contributed by atoms with van der Waals surface area (Å²) in [5.41, 5.74) is 7.09. The molecule has 223 valence electrons. The van der Waals surface area contributed by atoms with Crippen molar-refractivity contribution in [2.75, 3.05) is 0 Å². The van der Waals surface area contributed by atoms with Gasteiger partial charge in [0.05, 0.1) is 5.76 Å². The summed E-state index contributed by atoms with van der Waals surface area (Å²) in [6.45, 7) is 14.4. The van der Waals surface area contributed by atoms with E-state index < -0.39 is 0 Å². The fraction of sp³-hybridized carbons (Fsp3) is 0.351. The first kappa shape index (κ1) is 33.2. The maximum atomic E-state index is 11.7. The average molecular weight is 741 g/mol. The number of aliphatic hydroxyl groups excluding tert-OH is 1. The Morgan fingerprint density at radius 2 is 1.55 bits per heavy atom. The maximum Gasteiger partial charge on any atom is 0.162 e. The van der Waals surface area contributed by atoms with Crippen LogP contribution >= 0.6 is 0 Å². The zero-order valence-electron chi connectivity index (χ0n) is 25.8. The number of furan rings is 1. The Morgan fingerprint density at radius 1 is 0.881 bits per heavy atom. The Labute approximate surface area is 263 Å². The van der Waals surface area contributed by atoms with Crippen LogP contribution in [0.5, 0.6) is 0 Å². The van der Waals surface area contributed by atoms with Crippen LogP contribution < -0.4 is 0 Å². The Balaban J connectivity index is 0.000000263. The minimum Gasteiger partial charge on any atom is -0.512 e. The van der Waals surface area contributed by atoms with Gasteiger partial charge in [0, 0.05) is 66.2 Å². The summed E-state index contributed by atoms with van der Waals surface area (Å²) in [6.07, 6.45) is 6.77. The van der Waals surface area contributed by atoms with E-state index in [1.807, 2.05) is 40.0 Å². The van der Waals surface area contributed by atoms with Gasteiger partial charge >= 0.3 is 0 Å². The number of allylic oxidation sites excluding steroid dienone is 2. The predicted octanol–water partition coefficient (Wildman–Crippen LogP) is 10.4. The number of ketones is 1. The first-order chi connectivity index (χ1) is 19.7. The number of aryl methyl sites for hydroxylation is 3. The van der Waals surface area contributed by atoms with E-state index in [0.717, 1.165) is 64.4 Å². The van der Waals surface area contributed by atoms with Crippen molar-refractivity contribution in [3.8, 4) is 11.3 Å². The molecule has 0 bridgehead atoms. The second-order valence-corrected chi connectivity index (χ2v) is 11.0. The van der Waals surface area contributed by atoms with Crippen LogP contribution in [0.2, 0.25) is 0 Å². The number of benzene rings is 3. The van der Waals surface area contributed by atoms with Crippen LogP contribution in [0.3, 0.4) is 0 Å². The van der Waals surface area contributed by atoms with Crippen LogP contribution in [-0.4, -0.2) is 15.9 Å². The van der Waals surface area contributed by atoms with E-state index in [1.54, 1.807) is 0 Å². The van der Waals surface area contributed by atoms with Crippen molar-refractivity contribution in [1.29, 1.82) is 0 Å². The molecule has 5 aromatic rings. The molecule has 0 saturated heterocycles. The van der Waals surface area contributed by atoms with E-state index in [9.17, 15) is 9.90 Å². The second-order valence-electron chi connectivity index (χ2n) is 11.0. The molecular formula is C37H42IrNO3-. The van der Waals surface area contributed by atoms with Gasteiger partial charge < -0.3 is 14.5 Å². The van der Waals surface area contributed by atoms with Crippen molar-refractivity contribution < 1.29 is 34.4 Å². The van der Waals surface area contributed by atoms with E-state index in [4.69, 9.17) is 4.42 Å². The third kappa shape index (κ3) is 7.02. The molecule has 0 aliphatic rings. The molecule has 0 fully saturated rings. The van der Waals surface area contributed by atoms with Gasteiger partial charge in [-0.3, -0.25) is 4.79 Å². The number of aromatic nitrogens is 1. The Morgan fingerprint density at radius 3 is 2.19 bits per heavy atom. The van der Waals surface area contributed by atoms with E-state index in [0.29, 0.717) is 0 Å². The first-order valence-electron chi connectivity index (χ1n) is 14.9. The molecule has 5 rings (SSSR count). The molecule has 4 nitrogen and oxygen atoms in total. The summed E-state index contributed by atoms with van der Waals surface area (Å²) in [5, 5.41) is 14.5. The quantitative estimate of drug-likeness (QED) is 0.0978. The molecule has 2 heterocycles. The maximum absolute atomic E-state index is 11.7. The molecular weight excluding hydrogens is 699 g/mol. The number of hydrogen-bond donors (Lipinski definition) is 1. The summed E-state index contributed by atoms with van der Waals surface area (Å²) in [4.78, 5) is 16.3. The largest absolute Gasteiger partial charge is 0.512 e. The zero-order valence-corrected chi connectivity index (χ0v) is 28.2. The predicted molar refractivity (Wildman–Crippen MR) is 171 cm³/mol. The number of nitrogens with zero attached hydrogens (tertiary/aromatic N) is 1. The van der Waals surface area contributed by atoms with Crippen molar-refractivity contribution in [2.45, 2.75) is 74.1 Å². The molecule has 5 heteroatoms. The number of carbonyl (C=O) groups excluding carboxylic acids is 1. The molecule has 0 atom stereocenters. The molecule has 0 spiro atoms. The molecule has 0 aliphatic carbocycles. The third-order valence-electron chi connectivity index (χ3n) is 8.13. The third-order valence-corrected chi connectivity index (χ3v) is 8.13. The monoisotopic (exact) mass is 741 g/mol. The van der Waals surface area contributed by atoms with Gasteiger partial charge in [-0.2, -0.15) is 0 Å². The normalized spacial score (nSPS) is 11.7. The van der Waals surface area contributed by atoms with E-state index in [1.165, 1.54) is 28.0 Å². The summed E-state index contributed by atoms with van der Waals surface area (Å²) >= 11 is 0. The molecule has 1 radical (unpaired) electrons. The summed E-state index contributed by atoms with van der Waals surface area (Å²) < 4.78 is 6.37. The van der Waals surface area contributed by atoms with Crippen molar-refractivity contribution in [1.82, 2.24) is 4.98 Å². The SMILES string of the molecule is CCC(CC)C(=O)/C=C(\O)C(CC)CC.Cc1[c-]c(-c2nccc3c2oc2c(C)c4ccccc4cc23)cc(C)c1.[Ir]. The van der Waals surface area contributed by atoms with Gasteiger partial charge in [-0.25, -0.2) is 0 Å². The number of carbonyl (C=O) groups is 1. The first-order valence-corrected chi connectivity index (χ1v) is 14.9. The minimum absolute atomic E-state index is 0. The second kappa shape index (κ2) is 14.8. The van der Waals surface area contributed by atoms with Gasteiger partial charge in [0.2, 0.25) is 0 Å². The smallest absolute Gasteiger partial charge is 0.162 e. The topological polar surface area (TPSA) is 63.3 Å². The van der Waals surface area contributed by atoms with Crippen molar-refractivity contribution in [2.24, 2.45) is 11.8 Å². The average Bonchev–Trinajstić information content (AvgIpc) is 3.33. The number of pyridine rings is 1. The van der Waals surface area contributed by atoms with Crippen molar-refractivity contribution >= 4 is 38.5 Å². The zero-order chi connectivity index (χ0) is 29.7. The van der Waals surface area contributed by atoms with Gasteiger partial charge in [-0.05, 0) is 55.5 Å². The van der Waals surface area contributed by atoms with E-state index in [2.05, 4.69) is 74.3 Å². The van der Waals surface area contributed by atoms with Crippen LogP contribution in [0.1, 0.15) is 70.1 Å².